The fraction of sp³-hybridized carbons (Fsp3) is 0.200. The highest BCUT2D eigenvalue weighted by Crippen LogP contribution is 2.31. The Balaban J connectivity index is 2.43. The fourth-order valence-corrected chi connectivity index (χ4v) is 3.40. The Hall–Kier alpha value is -1.73. The van der Waals surface area contributed by atoms with E-state index in [1.165, 1.54) is 37.7 Å². The number of hydrogen-bond acceptors (Lipinski definition) is 4. The average Bonchev–Trinajstić information content (AvgIpc) is 2.54. The van der Waals surface area contributed by atoms with Crippen molar-refractivity contribution in [1.29, 1.82) is 0 Å². The summed E-state index contributed by atoms with van der Waals surface area (Å²) < 4.78 is 37.8. The molecule has 0 aliphatic carbocycles. The SMILES string of the molecule is COc1ccc(S(=O)(=O)N(C)c2ccc(Br)cc2)cc1OC. The highest BCUT2D eigenvalue weighted by molar-refractivity contribution is 9.10. The zero-order valence-corrected chi connectivity index (χ0v) is 14.8. The maximum absolute atomic E-state index is 12.7. The van der Waals surface area contributed by atoms with Crippen LogP contribution in [0.5, 0.6) is 11.5 Å². The number of nitrogens with zero attached hydrogens (tertiary/aromatic N) is 1. The van der Waals surface area contributed by atoms with Gasteiger partial charge >= 0.3 is 0 Å². The smallest absolute Gasteiger partial charge is 0.264 e. The minimum Gasteiger partial charge on any atom is -0.493 e. The van der Waals surface area contributed by atoms with Crippen molar-refractivity contribution in [3.8, 4) is 11.5 Å². The molecule has 2 aromatic rings. The van der Waals surface area contributed by atoms with Gasteiger partial charge in [-0.2, -0.15) is 0 Å². The third-order valence-electron chi connectivity index (χ3n) is 3.20. The van der Waals surface area contributed by atoms with Crippen LogP contribution in [0.3, 0.4) is 0 Å². The molecule has 0 bridgehead atoms. The summed E-state index contributed by atoms with van der Waals surface area (Å²) in [4.78, 5) is 0.135. The maximum atomic E-state index is 12.7. The molecule has 0 spiro atoms. The lowest BCUT2D eigenvalue weighted by molar-refractivity contribution is 0.354. The topological polar surface area (TPSA) is 55.8 Å². The highest BCUT2D eigenvalue weighted by atomic mass is 79.9. The summed E-state index contributed by atoms with van der Waals surface area (Å²) in [5, 5.41) is 0. The van der Waals surface area contributed by atoms with Gasteiger partial charge in [-0.05, 0) is 36.4 Å². The van der Waals surface area contributed by atoms with Gasteiger partial charge in [-0.3, -0.25) is 4.31 Å². The Morgan fingerprint density at radius 2 is 1.55 bits per heavy atom. The minimum absolute atomic E-state index is 0.135. The molecule has 0 heterocycles. The molecule has 0 fully saturated rings. The molecule has 2 aromatic carbocycles. The molecule has 0 saturated carbocycles. The standard InChI is InChI=1S/C15H16BrNO4S/c1-17(12-6-4-11(16)5-7-12)22(18,19)13-8-9-14(20-2)15(10-13)21-3/h4-10H,1-3H3. The van der Waals surface area contributed by atoms with Gasteiger partial charge in [-0.15, -0.1) is 0 Å². The van der Waals surface area contributed by atoms with E-state index in [2.05, 4.69) is 15.9 Å². The van der Waals surface area contributed by atoms with Gasteiger partial charge < -0.3 is 9.47 Å². The molecule has 0 N–H and O–H groups in total. The molecule has 0 unspecified atom stereocenters. The summed E-state index contributed by atoms with van der Waals surface area (Å²) in [6.07, 6.45) is 0. The number of ether oxygens (including phenoxy) is 2. The monoisotopic (exact) mass is 385 g/mol. The van der Waals surface area contributed by atoms with Crippen LogP contribution in [0, 0.1) is 0 Å². The molecule has 2 rings (SSSR count). The molecule has 0 amide bonds. The molecule has 118 valence electrons. The van der Waals surface area contributed by atoms with Crippen LogP contribution >= 0.6 is 15.9 Å². The van der Waals surface area contributed by atoms with Crippen molar-refractivity contribution in [2.24, 2.45) is 0 Å². The molecule has 22 heavy (non-hydrogen) atoms. The zero-order chi connectivity index (χ0) is 16.3. The van der Waals surface area contributed by atoms with E-state index < -0.39 is 10.0 Å². The summed E-state index contributed by atoms with van der Waals surface area (Å²) in [6.45, 7) is 0. The van der Waals surface area contributed by atoms with E-state index in [9.17, 15) is 8.42 Å². The lowest BCUT2D eigenvalue weighted by Crippen LogP contribution is -2.26. The lowest BCUT2D eigenvalue weighted by atomic mass is 10.3. The van der Waals surface area contributed by atoms with Crippen LogP contribution < -0.4 is 13.8 Å². The number of anilines is 1. The Morgan fingerprint density at radius 3 is 2.09 bits per heavy atom. The van der Waals surface area contributed by atoms with E-state index in [0.717, 1.165) is 4.47 Å². The third kappa shape index (κ3) is 3.20. The normalized spacial score (nSPS) is 11.1. The summed E-state index contributed by atoms with van der Waals surface area (Å²) in [5.41, 5.74) is 0.568. The quantitative estimate of drug-likeness (QED) is 0.792. The third-order valence-corrected chi connectivity index (χ3v) is 5.51. The van der Waals surface area contributed by atoms with E-state index >= 15 is 0 Å². The van der Waals surface area contributed by atoms with Gasteiger partial charge in [0, 0.05) is 17.6 Å². The van der Waals surface area contributed by atoms with Crippen LogP contribution in [-0.2, 0) is 10.0 Å². The minimum atomic E-state index is -3.68. The molecule has 0 saturated heterocycles. The average molecular weight is 386 g/mol. The molecule has 0 aliphatic heterocycles. The van der Waals surface area contributed by atoms with Crippen molar-refractivity contribution in [3.63, 3.8) is 0 Å². The number of benzene rings is 2. The van der Waals surface area contributed by atoms with Crippen LogP contribution in [0.1, 0.15) is 0 Å². The van der Waals surface area contributed by atoms with Crippen LogP contribution in [-0.4, -0.2) is 29.7 Å². The lowest BCUT2D eigenvalue weighted by Gasteiger charge is -2.20. The molecule has 5 nitrogen and oxygen atoms in total. The predicted octanol–water partition coefficient (Wildman–Crippen LogP) is 3.29. The van der Waals surface area contributed by atoms with Crippen LogP contribution in [0.25, 0.3) is 0 Å². The number of halogens is 1. The largest absolute Gasteiger partial charge is 0.493 e. The number of rotatable bonds is 5. The second-order valence-corrected chi connectivity index (χ2v) is 7.35. The first-order valence-electron chi connectivity index (χ1n) is 6.36. The van der Waals surface area contributed by atoms with Crippen molar-refractivity contribution in [2.75, 3.05) is 25.6 Å². The summed E-state index contributed by atoms with van der Waals surface area (Å²) in [6, 6.07) is 11.5. The van der Waals surface area contributed by atoms with Crippen LogP contribution in [0.2, 0.25) is 0 Å². The first-order valence-corrected chi connectivity index (χ1v) is 8.60. The maximum Gasteiger partial charge on any atom is 0.264 e. The molecule has 0 aliphatic rings. The van der Waals surface area contributed by atoms with Crippen LogP contribution in [0.4, 0.5) is 5.69 Å². The number of methoxy groups -OCH3 is 2. The van der Waals surface area contributed by atoms with Crippen molar-refractivity contribution in [1.82, 2.24) is 0 Å². The van der Waals surface area contributed by atoms with Gasteiger partial charge in [-0.25, -0.2) is 8.42 Å². The Labute approximate surface area is 138 Å². The van der Waals surface area contributed by atoms with Gasteiger partial charge in [0.05, 0.1) is 24.8 Å². The molecule has 0 radical (unpaired) electrons. The second-order valence-electron chi connectivity index (χ2n) is 4.47. The van der Waals surface area contributed by atoms with Crippen molar-refractivity contribution in [2.45, 2.75) is 4.90 Å². The van der Waals surface area contributed by atoms with E-state index in [1.54, 1.807) is 30.3 Å². The van der Waals surface area contributed by atoms with Crippen molar-refractivity contribution >= 4 is 31.6 Å². The van der Waals surface area contributed by atoms with E-state index in [4.69, 9.17) is 9.47 Å². The number of sulfonamides is 1. The predicted molar refractivity (Wildman–Crippen MR) is 89.3 cm³/mol. The Kier molecular flexibility index (Phi) is 4.97. The Bertz CT molecular complexity index is 760. The second kappa shape index (κ2) is 6.58. The molecule has 7 heteroatoms. The van der Waals surface area contributed by atoms with Gasteiger partial charge in [0.2, 0.25) is 0 Å². The van der Waals surface area contributed by atoms with E-state index in [1.807, 2.05) is 0 Å². The molecular formula is C15H16BrNO4S. The van der Waals surface area contributed by atoms with E-state index in [0.29, 0.717) is 17.2 Å². The highest BCUT2D eigenvalue weighted by Gasteiger charge is 2.23. The van der Waals surface area contributed by atoms with E-state index in [-0.39, 0.29) is 4.90 Å². The van der Waals surface area contributed by atoms with Gasteiger partial charge in [0.15, 0.2) is 11.5 Å². The van der Waals surface area contributed by atoms with Crippen LogP contribution in [0.15, 0.2) is 51.8 Å². The van der Waals surface area contributed by atoms with Gasteiger partial charge in [-0.1, -0.05) is 15.9 Å². The summed E-state index contributed by atoms with van der Waals surface area (Å²) in [5.74, 6) is 0.848. The first-order chi connectivity index (χ1) is 10.4. The zero-order valence-electron chi connectivity index (χ0n) is 12.4. The summed E-state index contributed by atoms with van der Waals surface area (Å²) >= 11 is 3.33. The first kappa shape index (κ1) is 16.6. The molecule has 0 atom stereocenters. The fourth-order valence-electron chi connectivity index (χ4n) is 1.92. The summed E-state index contributed by atoms with van der Waals surface area (Å²) in [7, 11) is 0.794. The Morgan fingerprint density at radius 1 is 0.955 bits per heavy atom. The van der Waals surface area contributed by atoms with Crippen molar-refractivity contribution in [3.05, 3.63) is 46.9 Å². The molecule has 0 aromatic heterocycles. The number of hydrogen-bond donors (Lipinski definition) is 0. The van der Waals surface area contributed by atoms with Gasteiger partial charge in [0.25, 0.3) is 10.0 Å². The molecular weight excluding hydrogens is 370 g/mol. The van der Waals surface area contributed by atoms with Gasteiger partial charge in [0.1, 0.15) is 0 Å². The van der Waals surface area contributed by atoms with Crippen molar-refractivity contribution < 1.29 is 17.9 Å².